The summed E-state index contributed by atoms with van der Waals surface area (Å²) in [6, 6.07) is 0.320. The molecule has 1 N–H and O–H groups in total. The summed E-state index contributed by atoms with van der Waals surface area (Å²) in [4.78, 5) is 23.2. The van der Waals surface area contributed by atoms with Gasteiger partial charge in [0.25, 0.3) is 5.56 Å². The van der Waals surface area contributed by atoms with Gasteiger partial charge in [-0.1, -0.05) is 18.5 Å². The number of methoxy groups -OCH3 is 1. The Labute approximate surface area is 122 Å². The Kier molecular flexibility index (Phi) is 4.65. The van der Waals surface area contributed by atoms with Gasteiger partial charge in [-0.2, -0.15) is 5.10 Å². The molecule has 20 heavy (non-hydrogen) atoms. The van der Waals surface area contributed by atoms with Gasteiger partial charge in [0.2, 0.25) is 0 Å². The van der Waals surface area contributed by atoms with Crippen LogP contribution in [0.2, 0.25) is 5.02 Å². The van der Waals surface area contributed by atoms with E-state index in [9.17, 15) is 9.59 Å². The van der Waals surface area contributed by atoms with E-state index >= 15 is 0 Å². The third-order valence-corrected chi connectivity index (χ3v) is 3.91. The summed E-state index contributed by atoms with van der Waals surface area (Å²) < 4.78 is 5.50. The van der Waals surface area contributed by atoms with Crippen molar-refractivity contribution < 1.29 is 9.53 Å². The highest BCUT2D eigenvalue weighted by molar-refractivity contribution is 6.32. The van der Waals surface area contributed by atoms with Crippen molar-refractivity contribution in [3.05, 3.63) is 21.6 Å². The van der Waals surface area contributed by atoms with Gasteiger partial charge < -0.3 is 10.1 Å². The molecule has 1 aromatic rings. The van der Waals surface area contributed by atoms with Gasteiger partial charge in [0.15, 0.2) is 0 Å². The lowest BCUT2D eigenvalue weighted by Crippen LogP contribution is -2.29. The predicted octanol–water partition coefficient (Wildman–Crippen LogP) is 1.67. The monoisotopic (exact) mass is 299 g/mol. The van der Waals surface area contributed by atoms with Crippen molar-refractivity contribution in [2.45, 2.75) is 38.8 Å². The molecule has 1 aliphatic rings. The number of carbonyl (C=O) groups excluding carboxylic acids is 1. The van der Waals surface area contributed by atoms with Crippen LogP contribution in [0.3, 0.4) is 0 Å². The molecule has 2 unspecified atom stereocenters. The lowest BCUT2D eigenvalue weighted by Gasteiger charge is -2.15. The van der Waals surface area contributed by atoms with Crippen molar-refractivity contribution in [1.82, 2.24) is 9.78 Å². The fourth-order valence-electron chi connectivity index (χ4n) is 2.42. The smallest absolute Gasteiger partial charge is 0.327 e. The SMILES string of the molecule is COC(=O)Cn1ncc(NC2CCC(C)C2)c(Cl)c1=O. The van der Waals surface area contributed by atoms with Crippen molar-refractivity contribution in [3.8, 4) is 0 Å². The third kappa shape index (κ3) is 3.30. The molecule has 0 radical (unpaired) electrons. The fraction of sp³-hybridized carbons (Fsp3) is 0.615. The molecular formula is C13H18ClN3O3. The first kappa shape index (κ1) is 14.8. The van der Waals surface area contributed by atoms with Crippen LogP contribution < -0.4 is 10.9 Å². The van der Waals surface area contributed by atoms with Gasteiger partial charge in [0, 0.05) is 6.04 Å². The number of hydrogen-bond donors (Lipinski definition) is 1. The largest absolute Gasteiger partial charge is 0.468 e. The molecular weight excluding hydrogens is 282 g/mol. The molecule has 1 aliphatic carbocycles. The van der Waals surface area contributed by atoms with Gasteiger partial charge in [-0.25, -0.2) is 4.68 Å². The van der Waals surface area contributed by atoms with E-state index in [4.69, 9.17) is 11.6 Å². The molecule has 1 fully saturated rings. The molecule has 0 bridgehead atoms. The number of esters is 1. The van der Waals surface area contributed by atoms with E-state index in [1.54, 1.807) is 0 Å². The van der Waals surface area contributed by atoms with Gasteiger partial charge in [-0.15, -0.1) is 0 Å². The average Bonchev–Trinajstić information content (AvgIpc) is 2.83. The van der Waals surface area contributed by atoms with Crippen LogP contribution in [0, 0.1) is 5.92 Å². The van der Waals surface area contributed by atoms with Gasteiger partial charge in [0.05, 0.1) is 19.0 Å². The first-order valence-corrected chi connectivity index (χ1v) is 6.98. The lowest BCUT2D eigenvalue weighted by atomic mass is 10.1. The van der Waals surface area contributed by atoms with E-state index < -0.39 is 11.5 Å². The third-order valence-electron chi connectivity index (χ3n) is 3.55. The maximum atomic E-state index is 12.0. The van der Waals surface area contributed by atoms with E-state index in [0.29, 0.717) is 17.6 Å². The van der Waals surface area contributed by atoms with Gasteiger partial charge in [-0.05, 0) is 25.2 Å². The lowest BCUT2D eigenvalue weighted by molar-refractivity contribution is -0.141. The first-order valence-electron chi connectivity index (χ1n) is 6.60. The van der Waals surface area contributed by atoms with E-state index in [1.165, 1.54) is 19.7 Å². The number of aromatic nitrogens is 2. The minimum absolute atomic E-state index is 0.0588. The Morgan fingerprint density at radius 2 is 2.35 bits per heavy atom. The Balaban J connectivity index is 2.14. The maximum absolute atomic E-state index is 12.0. The molecule has 0 amide bonds. The van der Waals surface area contributed by atoms with Crippen LogP contribution in [0.15, 0.2) is 11.0 Å². The molecule has 1 aromatic heterocycles. The number of rotatable bonds is 4. The Hall–Kier alpha value is -1.56. The fourth-order valence-corrected chi connectivity index (χ4v) is 2.62. The highest BCUT2D eigenvalue weighted by atomic mass is 35.5. The minimum atomic E-state index is -0.541. The van der Waals surface area contributed by atoms with E-state index in [2.05, 4.69) is 22.1 Å². The highest BCUT2D eigenvalue weighted by Gasteiger charge is 2.22. The molecule has 0 saturated heterocycles. The Morgan fingerprint density at radius 1 is 1.60 bits per heavy atom. The predicted molar refractivity (Wildman–Crippen MR) is 75.9 cm³/mol. The van der Waals surface area contributed by atoms with Gasteiger partial charge in [0.1, 0.15) is 11.6 Å². The van der Waals surface area contributed by atoms with Crippen LogP contribution in [-0.2, 0) is 16.1 Å². The van der Waals surface area contributed by atoms with Crippen LogP contribution in [0.4, 0.5) is 5.69 Å². The summed E-state index contributed by atoms with van der Waals surface area (Å²) in [5.74, 6) is 0.139. The molecule has 6 nitrogen and oxygen atoms in total. The Morgan fingerprint density at radius 3 is 2.95 bits per heavy atom. The summed E-state index contributed by atoms with van der Waals surface area (Å²) in [5, 5.41) is 7.25. The quantitative estimate of drug-likeness (QED) is 0.856. The maximum Gasteiger partial charge on any atom is 0.327 e. The Bertz CT molecular complexity index is 558. The molecule has 1 saturated carbocycles. The number of anilines is 1. The van der Waals surface area contributed by atoms with Crippen LogP contribution in [0.25, 0.3) is 0 Å². The number of hydrogen-bond acceptors (Lipinski definition) is 5. The van der Waals surface area contributed by atoms with Crippen molar-refractivity contribution in [1.29, 1.82) is 0 Å². The zero-order valence-electron chi connectivity index (χ0n) is 11.6. The van der Waals surface area contributed by atoms with Crippen LogP contribution in [0.5, 0.6) is 0 Å². The zero-order chi connectivity index (χ0) is 14.7. The number of ether oxygens (including phenoxy) is 1. The molecule has 2 rings (SSSR count). The van der Waals surface area contributed by atoms with E-state index in [1.807, 2.05) is 0 Å². The second-order valence-corrected chi connectivity index (χ2v) is 5.55. The average molecular weight is 300 g/mol. The summed E-state index contributed by atoms with van der Waals surface area (Å²) in [7, 11) is 1.26. The minimum Gasteiger partial charge on any atom is -0.468 e. The van der Waals surface area contributed by atoms with Crippen molar-refractivity contribution in [3.63, 3.8) is 0 Å². The number of carbonyl (C=O) groups is 1. The number of nitrogens with one attached hydrogen (secondary N) is 1. The molecule has 110 valence electrons. The highest BCUT2D eigenvalue weighted by Crippen LogP contribution is 2.28. The molecule has 0 aliphatic heterocycles. The first-order chi connectivity index (χ1) is 9.51. The normalized spacial score (nSPS) is 21.8. The number of halogens is 1. The topological polar surface area (TPSA) is 73.2 Å². The molecule has 0 spiro atoms. The summed E-state index contributed by atoms with van der Waals surface area (Å²) in [5.41, 5.74) is 0.0324. The molecule has 2 atom stereocenters. The second kappa shape index (κ2) is 6.26. The van der Waals surface area contributed by atoms with Crippen molar-refractivity contribution >= 4 is 23.3 Å². The van der Waals surface area contributed by atoms with Gasteiger partial charge >= 0.3 is 5.97 Å². The van der Waals surface area contributed by atoms with Crippen LogP contribution in [-0.4, -0.2) is 28.9 Å². The van der Waals surface area contributed by atoms with Crippen LogP contribution >= 0.6 is 11.6 Å². The summed E-state index contributed by atoms with van der Waals surface area (Å²) in [6.45, 7) is 1.96. The molecule has 1 heterocycles. The zero-order valence-corrected chi connectivity index (χ0v) is 12.3. The van der Waals surface area contributed by atoms with E-state index in [-0.39, 0.29) is 11.6 Å². The summed E-state index contributed by atoms with van der Waals surface area (Å²) in [6.07, 6.45) is 4.77. The van der Waals surface area contributed by atoms with Crippen molar-refractivity contribution in [2.24, 2.45) is 5.92 Å². The number of nitrogens with zero attached hydrogens (tertiary/aromatic N) is 2. The molecule has 0 aromatic carbocycles. The molecule has 7 heteroatoms. The van der Waals surface area contributed by atoms with Crippen molar-refractivity contribution in [2.75, 3.05) is 12.4 Å². The van der Waals surface area contributed by atoms with Crippen LogP contribution in [0.1, 0.15) is 26.2 Å². The van der Waals surface area contributed by atoms with E-state index in [0.717, 1.165) is 17.5 Å². The second-order valence-electron chi connectivity index (χ2n) is 5.17. The van der Waals surface area contributed by atoms with Gasteiger partial charge in [-0.3, -0.25) is 9.59 Å². The summed E-state index contributed by atoms with van der Waals surface area (Å²) >= 11 is 6.05. The standard InChI is InChI=1S/C13H18ClN3O3/c1-8-3-4-9(5-8)16-10-6-15-17(7-11(18)20-2)13(19)12(10)14/h6,8-9,16H,3-5,7H2,1-2H3.